The summed E-state index contributed by atoms with van der Waals surface area (Å²) >= 11 is 5.98. The van der Waals surface area contributed by atoms with Crippen molar-refractivity contribution < 1.29 is 14.7 Å². The minimum absolute atomic E-state index is 0.0283. The molecule has 33 heavy (non-hydrogen) atoms. The molecule has 3 heterocycles. The third-order valence-corrected chi connectivity index (χ3v) is 6.56. The number of carbonyl (C=O) groups excluding carboxylic acids is 2. The van der Waals surface area contributed by atoms with Gasteiger partial charge in [0, 0.05) is 42.3 Å². The highest BCUT2D eigenvalue weighted by Gasteiger charge is 2.27. The fourth-order valence-corrected chi connectivity index (χ4v) is 4.55. The van der Waals surface area contributed by atoms with Crippen LogP contribution in [0.25, 0.3) is 11.3 Å². The van der Waals surface area contributed by atoms with Crippen molar-refractivity contribution in [3.05, 3.63) is 76.4 Å². The first-order valence-electron chi connectivity index (χ1n) is 11.2. The van der Waals surface area contributed by atoms with Crippen LogP contribution in [-0.4, -0.2) is 62.2 Å². The number of halogens is 1. The number of aliphatic hydroxyl groups is 1. The van der Waals surface area contributed by atoms with Gasteiger partial charge in [-0.1, -0.05) is 35.9 Å². The van der Waals surface area contributed by atoms with Gasteiger partial charge in [-0.25, -0.2) is 0 Å². The van der Waals surface area contributed by atoms with Crippen LogP contribution in [-0.2, 0) is 13.1 Å². The van der Waals surface area contributed by atoms with E-state index >= 15 is 0 Å². The number of aliphatic hydroxyl groups excluding tert-OH is 1. The van der Waals surface area contributed by atoms with E-state index in [-0.39, 0.29) is 17.9 Å². The largest absolute Gasteiger partial charge is 0.393 e. The van der Waals surface area contributed by atoms with E-state index in [9.17, 15) is 14.7 Å². The van der Waals surface area contributed by atoms with E-state index in [1.54, 1.807) is 14.5 Å². The second-order valence-electron chi connectivity index (χ2n) is 8.60. The number of aromatic nitrogens is 2. The van der Waals surface area contributed by atoms with Gasteiger partial charge in [0.2, 0.25) is 0 Å². The molecule has 1 saturated heterocycles. The molecule has 1 fully saturated rings. The summed E-state index contributed by atoms with van der Waals surface area (Å²) in [6.07, 6.45) is 0.901. The van der Waals surface area contributed by atoms with Crippen LogP contribution in [0.2, 0.25) is 5.02 Å². The van der Waals surface area contributed by atoms with Crippen molar-refractivity contribution in [3.63, 3.8) is 0 Å². The van der Waals surface area contributed by atoms with Gasteiger partial charge in [0.15, 0.2) is 0 Å². The quantitative estimate of drug-likeness (QED) is 0.641. The fourth-order valence-electron chi connectivity index (χ4n) is 4.43. The molecule has 3 aromatic rings. The summed E-state index contributed by atoms with van der Waals surface area (Å²) in [6.45, 7) is 2.73. The van der Waals surface area contributed by atoms with Crippen LogP contribution < -0.4 is 0 Å². The van der Waals surface area contributed by atoms with E-state index in [1.165, 1.54) is 0 Å². The normalized spacial score (nSPS) is 16.7. The maximum atomic E-state index is 13.2. The highest BCUT2D eigenvalue weighted by atomic mass is 35.5. The molecule has 170 valence electrons. The minimum Gasteiger partial charge on any atom is -0.393 e. The second-order valence-corrected chi connectivity index (χ2v) is 9.03. The lowest BCUT2D eigenvalue weighted by Crippen LogP contribution is -2.40. The summed E-state index contributed by atoms with van der Waals surface area (Å²) < 4.78 is 1.76. The van der Waals surface area contributed by atoms with Gasteiger partial charge in [-0.2, -0.15) is 5.10 Å². The number of amides is 2. The number of carbonyl (C=O) groups is 2. The van der Waals surface area contributed by atoms with Crippen LogP contribution in [0.1, 0.15) is 39.3 Å². The molecule has 0 unspecified atom stereocenters. The maximum absolute atomic E-state index is 13.2. The number of rotatable bonds is 4. The van der Waals surface area contributed by atoms with Gasteiger partial charge in [-0.05, 0) is 48.7 Å². The Labute approximate surface area is 197 Å². The second kappa shape index (κ2) is 9.00. The Morgan fingerprint density at radius 3 is 2.55 bits per heavy atom. The van der Waals surface area contributed by atoms with Crippen LogP contribution in [0.5, 0.6) is 0 Å². The molecule has 0 spiro atoms. The van der Waals surface area contributed by atoms with E-state index < -0.39 is 0 Å². The number of hydrogen-bond donors (Lipinski definition) is 1. The predicted octanol–water partition coefficient (Wildman–Crippen LogP) is 3.46. The fraction of sp³-hybridized carbons (Fsp3) is 0.320. The van der Waals surface area contributed by atoms with Gasteiger partial charge in [0.1, 0.15) is 5.69 Å². The summed E-state index contributed by atoms with van der Waals surface area (Å²) in [6, 6.07) is 16.7. The van der Waals surface area contributed by atoms with Crippen molar-refractivity contribution in [2.45, 2.75) is 32.0 Å². The molecule has 1 aromatic heterocycles. The van der Waals surface area contributed by atoms with Crippen LogP contribution in [0.3, 0.4) is 0 Å². The molecule has 0 radical (unpaired) electrons. The van der Waals surface area contributed by atoms with E-state index in [0.29, 0.717) is 61.8 Å². The van der Waals surface area contributed by atoms with Crippen LogP contribution in [0.15, 0.2) is 54.6 Å². The SMILES string of the molecule is O=C(c1cccc(CN2CCn3nc(-c4ccc(Cl)cc4)cc3C2=O)c1)N1CCC(O)CC1. The molecule has 2 aromatic carbocycles. The molecular formula is C25H25ClN4O3. The lowest BCUT2D eigenvalue weighted by atomic mass is 10.0. The molecule has 0 aliphatic carbocycles. The minimum atomic E-state index is -0.320. The molecule has 1 N–H and O–H groups in total. The average Bonchev–Trinajstić information content (AvgIpc) is 3.27. The zero-order valence-electron chi connectivity index (χ0n) is 18.2. The number of hydrogen-bond acceptors (Lipinski definition) is 4. The van der Waals surface area contributed by atoms with Crippen molar-refractivity contribution in [1.29, 1.82) is 0 Å². The topological polar surface area (TPSA) is 78.7 Å². The molecule has 5 rings (SSSR count). The smallest absolute Gasteiger partial charge is 0.272 e. The van der Waals surface area contributed by atoms with Gasteiger partial charge in [-0.3, -0.25) is 14.3 Å². The van der Waals surface area contributed by atoms with Crippen molar-refractivity contribution >= 4 is 23.4 Å². The maximum Gasteiger partial charge on any atom is 0.272 e. The number of nitrogens with zero attached hydrogens (tertiary/aromatic N) is 4. The zero-order chi connectivity index (χ0) is 22.9. The summed E-state index contributed by atoms with van der Waals surface area (Å²) in [4.78, 5) is 29.6. The number of benzene rings is 2. The highest BCUT2D eigenvalue weighted by molar-refractivity contribution is 6.30. The summed E-state index contributed by atoms with van der Waals surface area (Å²) in [5, 5.41) is 14.9. The summed E-state index contributed by atoms with van der Waals surface area (Å²) in [5.74, 6) is -0.102. The highest BCUT2D eigenvalue weighted by Crippen LogP contribution is 2.25. The molecular weight excluding hydrogens is 440 g/mol. The first-order valence-corrected chi connectivity index (χ1v) is 11.5. The summed E-state index contributed by atoms with van der Waals surface area (Å²) in [7, 11) is 0. The van der Waals surface area contributed by atoms with Gasteiger partial charge in [-0.15, -0.1) is 0 Å². The third kappa shape index (κ3) is 4.51. The molecule has 7 nitrogen and oxygen atoms in total. The molecule has 8 heteroatoms. The monoisotopic (exact) mass is 464 g/mol. The first-order chi connectivity index (χ1) is 16.0. The first kappa shape index (κ1) is 21.7. The lowest BCUT2D eigenvalue weighted by molar-refractivity contribution is 0.0546. The Hall–Kier alpha value is -3.16. The van der Waals surface area contributed by atoms with Gasteiger partial charge in [0.25, 0.3) is 11.8 Å². The molecule has 2 amide bonds. The Bertz CT molecular complexity index is 1180. The third-order valence-electron chi connectivity index (χ3n) is 6.31. The Balaban J connectivity index is 1.30. The number of likely N-dealkylation sites (tertiary alicyclic amines) is 1. The van der Waals surface area contributed by atoms with Gasteiger partial charge >= 0.3 is 0 Å². The summed E-state index contributed by atoms with van der Waals surface area (Å²) in [5.41, 5.74) is 3.75. The van der Waals surface area contributed by atoms with E-state index in [0.717, 1.165) is 16.8 Å². The van der Waals surface area contributed by atoms with Crippen molar-refractivity contribution in [3.8, 4) is 11.3 Å². The zero-order valence-corrected chi connectivity index (χ0v) is 18.9. The number of piperidine rings is 1. The van der Waals surface area contributed by atoms with Crippen LogP contribution in [0.4, 0.5) is 0 Å². The van der Waals surface area contributed by atoms with Gasteiger partial charge in [0.05, 0.1) is 18.3 Å². The molecule has 0 bridgehead atoms. The van der Waals surface area contributed by atoms with E-state index in [1.807, 2.05) is 54.6 Å². The van der Waals surface area contributed by atoms with E-state index in [2.05, 4.69) is 5.10 Å². The predicted molar refractivity (Wildman–Crippen MR) is 125 cm³/mol. The standard InChI is InChI=1S/C25H25ClN4O3/c26-20-6-4-18(5-7-20)22-15-23-25(33)29(12-13-30(23)27-22)16-17-2-1-3-19(14-17)24(32)28-10-8-21(31)9-11-28/h1-7,14-15,21,31H,8-13,16H2. The van der Waals surface area contributed by atoms with Gasteiger partial charge < -0.3 is 14.9 Å². The lowest BCUT2D eigenvalue weighted by Gasteiger charge is -2.30. The number of fused-ring (bicyclic) bond motifs is 1. The van der Waals surface area contributed by atoms with Crippen LogP contribution >= 0.6 is 11.6 Å². The van der Waals surface area contributed by atoms with Crippen molar-refractivity contribution in [2.75, 3.05) is 19.6 Å². The Kier molecular flexibility index (Phi) is 5.91. The molecule has 2 aliphatic heterocycles. The van der Waals surface area contributed by atoms with Crippen LogP contribution in [0, 0.1) is 0 Å². The molecule has 0 saturated carbocycles. The Morgan fingerprint density at radius 2 is 1.79 bits per heavy atom. The van der Waals surface area contributed by atoms with E-state index in [4.69, 9.17) is 11.6 Å². The van der Waals surface area contributed by atoms with Crippen molar-refractivity contribution in [1.82, 2.24) is 19.6 Å². The molecule has 2 aliphatic rings. The Morgan fingerprint density at radius 1 is 1.03 bits per heavy atom. The molecule has 0 atom stereocenters. The van der Waals surface area contributed by atoms with Crippen molar-refractivity contribution in [2.24, 2.45) is 0 Å². The average molecular weight is 465 g/mol.